The van der Waals surface area contributed by atoms with Gasteiger partial charge in [0.2, 0.25) is 5.91 Å². The smallest absolute Gasteiger partial charge is 0.261 e. The summed E-state index contributed by atoms with van der Waals surface area (Å²) in [5.41, 5.74) is 7.52. The second kappa shape index (κ2) is 8.61. The molecule has 0 aromatic heterocycles. The summed E-state index contributed by atoms with van der Waals surface area (Å²) in [5.74, 6) is -2.65. The third kappa shape index (κ3) is 5.00. The van der Waals surface area contributed by atoms with Crippen LogP contribution in [0.15, 0.2) is 60.7 Å². The maximum Gasteiger partial charge on any atom is 0.261 e. The number of amides is 1. The number of ether oxygens (including phenoxy) is 1. The van der Waals surface area contributed by atoms with Gasteiger partial charge < -0.3 is 15.6 Å². The Morgan fingerprint density at radius 2 is 1.97 bits per heavy atom. The zero-order valence-electron chi connectivity index (χ0n) is 16.9. The van der Waals surface area contributed by atoms with Gasteiger partial charge in [0.25, 0.3) is 5.92 Å². The number of carbonyl (C=O) groups excluding carboxylic acids is 1. The van der Waals surface area contributed by atoms with Gasteiger partial charge in [-0.3, -0.25) is 9.69 Å². The van der Waals surface area contributed by atoms with Crippen LogP contribution >= 0.6 is 0 Å². The van der Waals surface area contributed by atoms with E-state index < -0.39 is 17.9 Å². The van der Waals surface area contributed by atoms with Gasteiger partial charge in [0, 0.05) is 25.1 Å². The van der Waals surface area contributed by atoms with Crippen molar-refractivity contribution >= 4 is 16.7 Å². The molecule has 1 amide bonds. The number of hydrogen-bond donors (Lipinski definition) is 2. The fourth-order valence-electron chi connectivity index (χ4n) is 3.95. The van der Waals surface area contributed by atoms with Crippen molar-refractivity contribution in [3.05, 3.63) is 66.2 Å². The Balaban J connectivity index is 1.55. The van der Waals surface area contributed by atoms with Gasteiger partial charge in [0.1, 0.15) is 18.5 Å². The molecule has 0 bridgehead atoms. The quantitative estimate of drug-likeness (QED) is 0.604. The largest absolute Gasteiger partial charge is 0.491 e. The molecule has 0 radical (unpaired) electrons. The van der Waals surface area contributed by atoms with Crippen LogP contribution in [0, 0.1) is 0 Å². The highest BCUT2D eigenvalue weighted by Crippen LogP contribution is 2.34. The minimum Gasteiger partial charge on any atom is -0.491 e. The maximum absolute atomic E-state index is 13.3. The van der Waals surface area contributed by atoms with Crippen LogP contribution < -0.4 is 10.5 Å². The van der Waals surface area contributed by atoms with Gasteiger partial charge in [-0.2, -0.15) is 0 Å². The number of nitrogens with zero attached hydrogens (tertiary/aromatic N) is 1. The van der Waals surface area contributed by atoms with Crippen LogP contribution in [0.4, 0.5) is 8.78 Å². The molecule has 7 heteroatoms. The van der Waals surface area contributed by atoms with E-state index in [0.29, 0.717) is 11.3 Å². The molecule has 1 unspecified atom stereocenters. The lowest BCUT2D eigenvalue weighted by molar-refractivity contribution is 0.00460. The van der Waals surface area contributed by atoms with E-state index in [4.69, 9.17) is 10.5 Å². The van der Waals surface area contributed by atoms with E-state index in [0.717, 1.165) is 21.9 Å². The molecule has 1 heterocycles. The fourth-order valence-corrected chi connectivity index (χ4v) is 3.95. The van der Waals surface area contributed by atoms with Crippen molar-refractivity contribution < 1.29 is 23.4 Å². The minimum atomic E-state index is -2.69. The van der Waals surface area contributed by atoms with Gasteiger partial charge in [0.05, 0.1) is 6.54 Å². The van der Waals surface area contributed by atoms with Crippen LogP contribution in [0.3, 0.4) is 0 Å². The number of β-amino-alcohol motifs (C(OH)–C–C–N with tert-alkyl or cyclic N) is 1. The summed E-state index contributed by atoms with van der Waals surface area (Å²) in [5, 5.41) is 12.2. The summed E-state index contributed by atoms with van der Waals surface area (Å²) in [6.45, 7) is 0.0542. The number of halogens is 2. The molecule has 4 rings (SSSR count). The lowest BCUT2D eigenvalue weighted by Gasteiger charge is -2.20. The van der Waals surface area contributed by atoms with E-state index in [1.165, 1.54) is 0 Å². The number of primary amides is 1. The SMILES string of the molecule is NC(=O)c1cccc(-c2cc(OCC(O)CN3CCC(F)(F)C3)cc3ccccc23)c1. The lowest BCUT2D eigenvalue weighted by atomic mass is 9.96. The number of benzene rings is 3. The van der Waals surface area contributed by atoms with Crippen molar-refractivity contribution in [2.45, 2.75) is 18.4 Å². The Bertz CT molecular complexity index is 1100. The Hall–Kier alpha value is -3.03. The van der Waals surface area contributed by atoms with Crippen LogP contribution in [0.25, 0.3) is 21.9 Å². The molecule has 3 N–H and O–H groups in total. The van der Waals surface area contributed by atoms with Crippen molar-refractivity contribution in [1.82, 2.24) is 4.90 Å². The predicted molar refractivity (Wildman–Crippen MR) is 115 cm³/mol. The number of carbonyl (C=O) groups is 1. The summed E-state index contributed by atoms with van der Waals surface area (Å²) in [6.07, 6.45) is -1.07. The number of likely N-dealkylation sites (tertiary alicyclic amines) is 1. The molecule has 3 aromatic rings. The first-order valence-corrected chi connectivity index (χ1v) is 10.1. The van der Waals surface area contributed by atoms with Gasteiger partial charge in [-0.1, -0.05) is 36.4 Å². The number of aliphatic hydroxyl groups excluding tert-OH is 1. The average Bonchev–Trinajstić information content (AvgIpc) is 3.09. The molecule has 1 aliphatic rings. The molecule has 0 aliphatic carbocycles. The summed E-state index contributed by atoms with van der Waals surface area (Å²) in [7, 11) is 0. The van der Waals surface area contributed by atoms with Crippen molar-refractivity contribution in [2.75, 3.05) is 26.2 Å². The predicted octanol–water partition coefficient (Wildman–Crippen LogP) is 3.69. The van der Waals surface area contributed by atoms with E-state index in [1.807, 2.05) is 42.5 Å². The summed E-state index contributed by atoms with van der Waals surface area (Å²) >= 11 is 0. The molecule has 1 saturated heterocycles. The van der Waals surface area contributed by atoms with Gasteiger partial charge in [0.15, 0.2) is 0 Å². The van der Waals surface area contributed by atoms with Gasteiger partial charge in [-0.15, -0.1) is 0 Å². The molecular formula is C24H24F2N2O3. The maximum atomic E-state index is 13.3. The molecule has 0 saturated carbocycles. The van der Waals surface area contributed by atoms with Gasteiger partial charge in [-0.25, -0.2) is 8.78 Å². The summed E-state index contributed by atoms with van der Waals surface area (Å²) in [6, 6.07) is 18.5. The van der Waals surface area contributed by atoms with Crippen molar-refractivity contribution in [2.24, 2.45) is 5.73 Å². The number of hydrogen-bond acceptors (Lipinski definition) is 4. The summed E-state index contributed by atoms with van der Waals surface area (Å²) in [4.78, 5) is 13.1. The Labute approximate surface area is 179 Å². The monoisotopic (exact) mass is 426 g/mol. The van der Waals surface area contributed by atoms with Crippen molar-refractivity contribution in [1.29, 1.82) is 0 Å². The molecule has 0 spiro atoms. The van der Waals surface area contributed by atoms with Crippen molar-refractivity contribution in [3.8, 4) is 16.9 Å². The first-order chi connectivity index (χ1) is 14.8. The lowest BCUT2D eigenvalue weighted by Crippen LogP contribution is -2.35. The van der Waals surface area contributed by atoms with E-state index in [1.54, 1.807) is 23.1 Å². The van der Waals surface area contributed by atoms with Crippen LogP contribution in [0.1, 0.15) is 16.8 Å². The van der Waals surface area contributed by atoms with Crippen molar-refractivity contribution in [3.63, 3.8) is 0 Å². The molecule has 5 nitrogen and oxygen atoms in total. The number of alkyl halides is 2. The highest BCUT2D eigenvalue weighted by molar-refractivity contribution is 6.00. The normalized spacial score (nSPS) is 17.0. The second-order valence-electron chi connectivity index (χ2n) is 7.94. The highest BCUT2D eigenvalue weighted by atomic mass is 19.3. The Morgan fingerprint density at radius 3 is 2.71 bits per heavy atom. The first-order valence-electron chi connectivity index (χ1n) is 10.1. The number of fused-ring (bicyclic) bond motifs is 1. The Morgan fingerprint density at radius 1 is 1.16 bits per heavy atom. The molecular weight excluding hydrogens is 402 g/mol. The standard InChI is InChI=1S/C24H24F2N2O3/c25-24(26)8-9-28(15-24)13-19(29)14-31-20-11-17-4-1-2-7-21(17)22(12-20)16-5-3-6-18(10-16)23(27)30/h1-7,10-12,19,29H,8-9,13-15H2,(H2,27,30). The van der Waals surface area contributed by atoms with E-state index >= 15 is 0 Å². The van der Waals surface area contributed by atoms with Gasteiger partial charge in [-0.05, 0) is 46.2 Å². The number of nitrogens with two attached hydrogens (primary N) is 1. The third-order valence-corrected chi connectivity index (χ3v) is 5.45. The van der Waals surface area contributed by atoms with E-state index in [9.17, 15) is 18.7 Å². The Kier molecular flexibility index (Phi) is 5.89. The third-order valence-electron chi connectivity index (χ3n) is 5.45. The van der Waals surface area contributed by atoms with E-state index in [2.05, 4.69) is 0 Å². The van der Waals surface area contributed by atoms with E-state index in [-0.39, 0.29) is 32.7 Å². The minimum absolute atomic E-state index is 0.0127. The van der Waals surface area contributed by atoms with Crippen LogP contribution in [-0.2, 0) is 0 Å². The second-order valence-corrected chi connectivity index (χ2v) is 7.94. The topological polar surface area (TPSA) is 75.8 Å². The molecule has 162 valence electrons. The average molecular weight is 426 g/mol. The first kappa shape index (κ1) is 21.2. The molecule has 1 fully saturated rings. The van der Waals surface area contributed by atoms with Crippen LogP contribution in [-0.4, -0.2) is 54.2 Å². The molecule has 1 aliphatic heterocycles. The zero-order chi connectivity index (χ0) is 22.0. The van der Waals surface area contributed by atoms with Crippen LogP contribution in [0.2, 0.25) is 0 Å². The number of rotatable bonds is 7. The summed E-state index contributed by atoms with van der Waals surface area (Å²) < 4.78 is 32.5. The van der Waals surface area contributed by atoms with Gasteiger partial charge >= 0.3 is 0 Å². The molecule has 3 aromatic carbocycles. The molecule has 31 heavy (non-hydrogen) atoms. The number of aliphatic hydroxyl groups is 1. The molecule has 1 atom stereocenters. The highest BCUT2D eigenvalue weighted by Gasteiger charge is 2.38. The fraction of sp³-hybridized carbons (Fsp3) is 0.292. The van der Waals surface area contributed by atoms with Crippen LogP contribution in [0.5, 0.6) is 5.75 Å². The zero-order valence-corrected chi connectivity index (χ0v) is 16.9.